The summed E-state index contributed by atoms with van der Waals surface area (Å²) in [5.74, 6) is -0.227. The summed E-state index contributed by atoms with van der Waals surface area (Å²) >= 11 is 0. The Morgan fingerprint density at radius 3 is 2.83 bits per heavy atom. The van der Waals surface area contributed by atoms with Gasteiger partial charge in [-0.3, -0.25) is 9.78 Å². The van der Waals surface area contributed by atoms with Crippen molar-refractivity contribution in [3.05, 3.63) is 48.3 Å². The van der Waals surface area contributed by atoms with Crippen LogP contribution in [0.4, 0.5) is 0 Å². The minimum atomic E-state index is -0.456. The first-order chi connectivity index (χ1) is 11.7. The highest BCUT2D eigenvalue weighted by atomic mass is 16.7. The number of amides is 1. The molecule has 0 spiro atoms. The van der Waals surface area contributed by atoms with Crippen LogP contribution in [0.2, 0.25) is 0 Å². The van der Waals surface area contributed by atoms with Gasteiger partial charge in [0.2, 0.25) is 5.91 Å². The summed E-state index contributed by atoms with van der Waals surface area (Å²) in [6.45, 7) is 0.283. The number of ether oxygens (including phenoxy) is 2. The molecule has 0 fully saturated rings. The first-order valence-corrected chi connectivity index (χ1v) is 7.59. The molecule has 6 nitrogen and oxygen atoms in total. The molecule has 0 unspecified atom stereocenters. The zero-order valence-corrected chi connectivity index (χ0v) is 13.6. The third-order valence-corrected chi connectivity index (χ3v) is 3.79. The summed E-state index contributed by atoms with van der Waals surface area (Å²) in [6.07, 6.45) is 4.46. The average Bonchev–Trinajstić information content (AvgIpc) is 2.99. The Kier molecular flexibility index (Phi) is 4.88. The maximum Gasteiger partial charge on any atom is 0.244 e. The van der Waals surface area contributed by atoms with Crippen molar-refractivity contribution >= 4 is 33.8 Å². The van der Waals surface area contributed by atoms with E-state index in [0.29, 0.717) is 0 Å². The van der Waals surface area contributed by atoms with Crippen molar-refractivity contribution in [2.24, 2.45) is 0 Å². The highest BCUT2D eigenvalue weighted by molar-refractivity contribution is 6.07. The number of aromatic nitrogens is 2. The minimum Gasteiger partial charge on any atom is -0.354 e. The maximum atomic E-state index is 11.8. The third kappa shape index (κ3) is 3.45. The number of aromatic amines is 1. The molecule has 124 valence electrons. The molecule has 0 aliphatic rings. The van der Waals surface area contributed by atoms with Gasteiger partial charge in [-0.1, -0.05) is 18.2 Å². The summed E-state index contributed by atoms with van der Waals surface area (Å²) in [5.41, 5.74) is 2.76. The van der Waals surface area contributed by atoms with E-state index >= 15 is 0 Å². The number of hydrogen-bond acceptors (Lipinski definition) is 4. The van der Waals surface area contributed by atoms with Crippen LogP contribution in [0.15, 0.2) is 42.6 Å². The summed E-state index contributed by atoms with van der Waals surface area (Å²) < 4.78 is 10.0. The van der Waals surface area contributed by atoms with Gasteiger partial charge in [0.15, 0.2) is 6.29 Å². The molecule has 1 aromatic carbocycles. The Balaban J connectivity index is 1.75. The van der Waals surface area contributed by atoms with Crippen LogP contribution < -0.4 is 5.32 Å². The SMILES string of the molecule is COC(CNC(=O)/C=C/c1cc2c(cn1)[nH]c1ccccc12)OC. The highest BCUT2D eigenvalue weighted by Gasteiger charge is 2.07. The molecule has 24 heavy (non-hydrogen) atoms. The van der Waals surface area contributed by atoms with Crippen molar-refractivity contribution in [3.63, 3.8) is 0 Å². The predicted octanol–water partition coefficient (Wildman–Crippen LogP) is 2.46. The predicted molar refractivity (Wildman–Crippen MR) is 93.4 cm³/mol. The van der Waals surface area contributed by atoms with Crippen LogP contribution in [0.25, 0.3) is 27.9 Å². The number of hydrogen-bond donors (Lipinski definition) is 2. The second-order valence-corrected chi connectivity index (χ2v) is 5.30. The van der Waals surface area contributed by atoms with E-state index in [1.54, 1.807) is 12.3 Å². The van der Waals surface area contributed by atoms with Gasteiger partial charge in [0.25, 0.3) is 0 Å². The van der Waals surface area contributed by atoms with Crippen LogP contribution in [0.1, 0.15) is 5.69 Å². The zero-order chi connectivity index (χ0) is 16.9. The molecule has 0 aliphatic heterocycles. The van der Waals surface area contributed by atoms with Crippen molar-refractivity contribution in [1.29, 1.82) is 0 Å². The van der Waals surface area contributed by atoms with E-state index in [9.17, 15) is 4.79 Å². The van der Waals surface area contributed by atoms with Gasteiger partial charge in [-0.2, -0.15) is 0 Å². The lowest BCUT2D eigenvalue weighted by molar-refractivity contribution is -0.123. The van der Waals surface area contributed by atoms with Crippen LogP contribution in [0, 0.1) is 0 Å². The lowest BCUT2D eigenvalue weighted by Crippen LogP contribution is -2.33. The number of fused-ring (bicyclic) bond motifs is 3. The van der Waals surface area contributed by atoms with Gasteiger partial charge in [0.05, 0.1) is 24.0 Å². The molecule has 2 N–H and O–H groups in total. The lowest BCUT2D eigenvalue weighted by atomic mass is 10.1. The number of carbonyl (C=O) groups excluding carboxylic acids is 1. The number of pyridine rings is 1. The Bertz CT molecular complexity index is 881. The summed E-state index contributed by atoms with van der Waals surface area (Å²) in [7, 11) is 3.05. The number of benzene rings is 1. The Morgan fingerprint density at radius 1 is 1.25 bits per heavy atom. The quantitative estimate of drug-likeness (QED) is 0.539. The minimum absolute atomic E-state index is 0.227. The monoisotopic (exact) mass is 325 g/mol. The fourth-order valence-electron chi connectivity index (χ4n) is 2.52. The van der Waals surface area contributed by atoms with E-state index in [2.05, 4.69) is 21.4 Å². The van der Waals surface area contributed by atoms with Gasteiger partial charge >= 0.3 is 0 Å². The largest absolute Gasteiger partial charge is 0.354 e. The molecule has 0 atom stereocenters. The van der Waals surface area contributed by atoms with E-state index < -0.39 is 6.29 Å². The zero-order valence-electron chi connectivity index (χ0n) is 13.6. The molecule has 0 saturated carbocycles. The maximum absolute atomic E-state index is 11.8. The molecule has 2 aromatic heterocycles. The topological polar surface area (TPSA) is 76.2 Å². The van der Waals surface area contributed by atoms with Crippen molar-refractivity contribution in [2.45, 2.75) is 6.29 Å². The number of nitrogens with zero attached hydrogens (tertiary/aromatic N) is 1. The standard InChI is InChI=1S/C18H19N3O3/c1-23-18(24-2)11-20-17(22)8-7-12-9-14-13-5-3-4-6-15(13)21-16(14)10-19-12/h3-10,18,21H,11H2,1-2H3,(H,20,22)/b8-7+. The van der Waals surface area contributed by atoms with Crippen LogP contribution in [-0.2, 0) is 14.3 Å². The number of carbonyl (C=O) groups is 1. The molecule has 6 heteroatoms. The third-order valence-electron chi connectivity index (χ3n) is 3.79. The highest BCUT2D eigenvalue weighted by Crippen LogP contribution is 2.25. The molecular weight excluding hydrogens is 306 g/mol. The fourth-order valence-corrected chi connectivity index (χ4v) is 2.52. The Labute approximate surface area is 139 Å². The van der Waals surface area contributed by atoms with E-state index in [-0.39, 0.29) is 12.5 Å². The molecular formula is C18H19N3O3. The number of nitrogens with one attached hydrogen (secondary N) is 2. The number of para-hydroxylation sites is 1. The number of H-pyrrole nitrogens is 1. The molecule has 0 aliphatic carbocycles. The van der Waals surface area contributed by atoms with E-state index in [1.165, 1.54) is 20.3 Å². The number of rotatable bonds is 6. The number of methoxy groups -OCH3 is 2. The summed E-state index contributed by atoms with van der Waals surface area (Å²) in [6, 6.07) is 10.0. The van der Waals surface area contributed by atoms with Gasteiger partial charge in [0.1, 0.15) is 0 Å². The summed E-state index contributed by atoms with van der Waals surface area (Å²) in [4.78, 5) is 19.5. The van der Waals surface area contributed by atoms with Crippen molar-refractivity contribution < 1.29 is 14.3 Å². The van der Waals surface area contributed by atoms with E-state index in [0.717, 1.165) is 27.5 Å². The molecule has 0 radical (unpaired) electrons. The van der Waals surface area contributed by atoms with E-state index in [1.807, 2.05) is 24.3 Å². The lowest BCUT2D eigenvalue weighted by Gasteiger charge is -2.12. The van der Waals surface area contributed by atoms with Gasteiger partial charge in [-0.25, -0.2) is 0 Å². The normalized spacial score (nSPS) is 11.8. The van der Waals surface area contributed by atoms with Gasteiger partial charge in [0, 0.05) is 36.6 Å². The summed E-state index contributed by atoms with van der Waals surface area (Å²) in [5, 5.41) is 4.93. The van der Waals surface area contributed by atoms with Crippen LogP contribution in [-0.4, -0.2) is 42.9 Å². The molecule has 3 aromatic rings. The van der Waals surface area contributed by atoms with Crippen LogP contribution >= 0.6 is 0 Å². The molecule has 0 saturated heterocycles. The first kappa shape index (κ1) is 16.2. The molecule has 3 rings (SSSR count). The van der Waals surface area contributed by atoms with Crippen molar-refractivity contribution in [1.82, 2.24) is 15.3 Å². The Morgan fingerprint density at radius 2 is 2.04 bits per heavy atom. The van der Waals surface area contributed by atoms with Crippen LogP contribution in [0.3, 0.4) is 0 Å². The molecule has 2 heterocycles. The fraction of sp³-hybridized carbons (Fsp3) is 0.222. The second kappa shape index (κ2) is 7.25. The molecule has 0 bridgehead atoms. The second-order valence-electron chi connectivity index (χ2n) is 5.30. The van der Waals surface area contributed by atoms with Crippen LogP contribution in [0.5, 0.6) is 0 Å². The molecule has 1 amide bonds. The Hall–Kier alpha value is -2.70. The van der Waals surface area contributed by atoms with Gasteiger partial charge in [-0.05, 0) is 18.2 Å². The van der Waals surface area contributed by atoms with Crippen molar-refractivity contribution in [3.8, 4) is 0 Å². The van der Waals surface area contributed by atoms with Gasteiger partial charge in [-0.15, -0.1) is 0 Å². The average molecular weight is 325 g/mol. The van der Waals surface area contributed by atoms with Crippen molar-refractivity contribution in [2.75, 3.05) is 20.8 Å². The first-order valence-electron chi connectivity index (χ1n) is 7.59. The smallest absolute Gasteiger partial charge is 0.244 e. The van der Waals surface area contributed by atoms with Gasteiger partial charge < -0.3 is 19.8 Å². The van der Waals surface area contributed by atoms with E-state index in [4.69, 9.17) is 9.47 Å².